The Morgan fingerprint density at radius 3 is 2.28 bits per heavy atom. The third-order valence-electron chi connectivity index (χ3n) is 2.54. The minimum Gasteiger partial charge on any atom is -0.503 e. The van der Waals surface area contributed by atoms with Crippen LogP contribution in [-0.2, 0) is 10.9 Å². The molecule has 0 aliphatic heterocycles. The van der Waals surface area contributed by atoms with Crippen LogP contribution in [0.4, 0.5) is 4.39 Å². The van der Waals surface area contributed by atoms with Crippen LogP contribution in [0.25, 0.3) is 5.76 Å². The Hall–Kier alpha value is -1.74. The lowest BCUT2D eigenvalue weighted by molar-refractivity contribution is 0.512. The fraction of sp³-hybridized carbons (Fsp3) is 0.0667. The number of rotatable bonds is 3. The Morgan fingerprint density at radius 1 is 1.06 bits per heavy atom. The molecule has 1 unspecified atom stereocenters. The summed E-state index contributed by atoms with van der Waals surface area (Å²) in [5.74, 6) is -0.116. The van der Waals surface area contributed by atoms with E-state index in [2.05, 4.69) is 0 Å². The predicted molar refractivity (Wildman–Crippen MR) is 75.0 cm³/mol. The molecule has 18 heavy (non-hydrogen) atoms. The Bertz CT molecular complexity index is 534. The van der Waals surface area contributed by atoms with Crippen LogP contribution < -0.4 is 0 Å². The number of aliphatic hydroxyl groups excluding tert-OH is 1. The molecule has 1 atom stereocenters. The molecule has 0 amide bonds. The molecule has 92 valence electrons. The first-order valence-electron chi connectivity index (χ1n) is 5.53. The van der Waals surface area contributed by atoms with Gasteiger partial charge in [-0.1, -0.05) is 18.2 Å². The van der Waals surface area contributed by atoms with Crippen LogP contribution in [0.5, 0.6) is 0 Å². The minimum absolute atomic E-state index is 0.175. The summed E-state index contributed by atoms with van der Waals surface area (Å²) in [6, 6.07) is 15.8. The van der Waals surface area contributed by atoms with Gasteiger partial charge in [-0.05, 0) is 36.4 Å². The molecule has 2 aromatic carbocycles. The average Bonchev–Trinajstić information content (AvgIpc) is 2.40. The number of aliphatic hydroxyl groups is 1. The van der Waals surface area contributed by atoms with E-state index in [1.807, 2.05) is 36.6 Å². The summed E-state index contributed by atoms with van der Waals surface area (Å²) in [4.78, 5) is 1.16. The molecule has 0 heterocycles. The molecule has 0 saturated heterocycles. The quantitative estimate of drug-likeness (QED) is 0.654. The summed E-state index contributed by atoms with van der Waals surface area (Å²) in [5, 5.41) is 11.8. The van der Waals surface area contributed by atoms with Gasteiger partial charge >= 0.3 is 0 Å². The predicted octanol–water partition coefficient (Wildman–Crippen LogP) is 3.99. The second kappa shape index (κ2) is 5.74. The SMILES string of the molecule is C[S+](/C=C(\O)c1ccc(F)cc1)c1ccccc1. The molecule has 2 rings (SSSR count). The third kappa shape index (κ3) is 3.14. The summed E-state index contributed by atoms with van der Waals surface area (Å²) in [6.45, 7) is 0. The van der Waals surface area contributed by atoms with E-state index in [1.165, 1.54) is 12.1 Å². The topological polar surface area (TPSA) is 20.2 Å². The largest absolute Gasteiger partial charge is 0.503 e. The molecule has 0 spiro atoms. The van der Waals surface area contributed by atoms with Gasteiger partial charge in [-0.25, -0.2) is 4.39 Å². The van der Waals surface area contributed by atoms with Gasteiger partial charge in [-0.3, -0.25) is 0 Å². The van der Waals surface area contributed by atoms with Gasteiger partial charge in [0, 0.05) is 5.56 Å². The number of halogens is 1. The standard InChI is InChI=1S/C15H13FOS/c1-18(14-5-3-2-4-6-14)11-15(17)12-7-9-13(16)10-8-12/h2-11H,1H3/p+1/b15-11-. The maximum absolute atomic E-state index is 12.8. The summed E-state index contributed by atoms with van der Waals surface area (Å²) in [7, 11) is -0.175. The average molecular weight is 261 g/mol. The molecule has 2 aromatic rings. The van der Waals surface area contributed by atoms with Gasteiger partial charge in [0.2, 0.25) is 0 Å². The van der Waals surface area contributed by atoms with Crippen molar-refractivity contribution in [1.29, 1.82) is 0 Å². The number of benzene rings is 2. The van der Waals surface area contributed by atoms with Crippen molar-refractivity contribution in [2.75, 3.05) is 6.26 Å². The second-order valence-electron chi connectivity index (χ2n) is 3.88. The molecule has 1 N–H and O–H groups in total. The zero-order chi connectivity index (χ0) is 13.0. The van der Waals surface area contributed by atoms with E-state index in [0.29, 0.717) is 5.56 Å². The van der Waals surface area contributed by atoms with Gasteiger partial charge in [0.15, 0.2) is 16.1 Å². The van der Waals surface area contributed by atoms with Gasteiger partial charge in [0.25, 0.3) is 0 Å². The van der Waals surface area contributed by atoms with Crippen molar-refractivity contribution in [3.05, 3.63) is 71.4 Å². The molecule has 0 saturated carbocycles. The lowest BCUT2D eigenvalue weighted by Gasteiger charge is -2.00. The highest BCUT2D eigenvalue weighted by Gasteiger charge is 2.14. The Balaban J connectivity index is 2.20. The van der Waals surface area contributed by atoms with E-state index in [1.54, 1.807) is 17.5 Å². The molecular formula is C15H14FOS+. The summed E-state index contributed by atoms with van der Waals surface area (Å²) in [5.41, 5.74) is 0.631. The molecule has 3 heteroatoms. The van der Waals surface area contributed by atoms with Crippen molar-refractivity contribution in [2.24, 2.45) is 0 Å². The first-order chi connectivity index (χ1) is 8.66. The highest BCUT2D eigenvalue weighted by Crippen LogP contribution is 2.18. The van der Waals surface area contributed by atoms with Crippen LogP contribution in [0.3, 0.4) is 0 Å². The first-order valence-corrected chi connectivity index (χ1v) is 7.23. The summed E-state index contributed by atoms with van der Waals surface area (Å²) in [6.07, 6.45) is 2.04. The van der Waals surface area contributed by atoms with Crippen molar-refractivity contribution >= 4 is 16.7 Å². The number of hydrogen-bond acceptors (Lipinski definition) is 1. The lowest BCUT2D eigenvalue weighted by atomic mass is 10.2. The molecule has 0 bridgehead atoms. The van der Waals surface area contributed by atoms with Crippen molar-refractivity contribution in [1.82, 2.24) is 0 Å². The summed E-state index contributed by atoms with van der Waals surface area (Å²) < 4.78 is 12.8. The smallest absolute Gasteiger partial charge is 0.171 e. The van der Waals surface area contributed by atoms with Gasteiger partial charge in [-0.2, -0.15) is 0 Å². The van der Waals surface area contributed by atoms with Gasteiger partial charge < -0.3 is 5.11 Å². The van der Waals surface area contributed by atoms with Crippen LogP contribution in [0, 0.1) is 5.82 Å². The fourth-order valence-corrected chi connectivity index (χ4v) is 2.75. The van der Waals surface area contributed by atoms with Crippen LogP contribution >= 0.6 is 0 Å². The zero-order valence-electron chi connectivity index (χ0n) is 10.0. The van der Waals surface area contributed by atoms with E-state index in [0.717, 1.165) is 4.90 Å². The molecule has 0 aromatic heterocycles. The Kier molecular flexibility index (Phi) is 4.05. The monoisotopic (exact) mass is 261 g/mol. The van der Waals surface area contributed by atoms with Crippen molar-refractivity contribution in [3.8, 4) is 0 Å². The second-order valence-corrected chi connectivity index (χ2v) is 5.70. The van der Waals surface area contributed by atoms with E-state index < -0.39 is 0 Å². The first kappa shape index (κ1) is 12.7. The minimum atomic E-state index is -0.301. The summed E-state index contributed by atoms with van der Waals surface area (Å²) >= 11 is 0. The molecule has 0 radical (unpaired) electrons. The van der Waals surface area contributed by atoms with Crippen LogP contribution in [0.15, 0.2) is 64.9 Å². The Labute approximate surface area is 109 Å². The molecule has 0 fully saturated rings. The van der Waals surface area contributed by atoms with E-state index in [9.17, 15) is 9.50 Å². The van der Waals surface area contributed by atoms with Crippen LogP contribution in [0.2, 0.25) is 0 Å². The van der Waals surface area contributed by atoms with Crippen LogP contribution in [0.1, 0.15) is 5.56 Å². The fourth-order valence-electron chi connectivity index (χ4n) is 1.56. The number of hydrogen-bond donors (Lipinski definition) is 1. The zero-order valence-corrected chi connectivity index (χ0v) is 10.8. The van der Waals surface area contributed by atoms with Crippen molar-refractivity contribution in [2.45, 2.75) is 4.90 Å². The van der Waals surface area contributed by atoms with Gasteiger partial charge in [-0.15, -0.1) is 0 Å². The van der Waals surface area contributed by atoms with Crippen molar-refractivity contribution < 1.29 is 9.50 Å². The van der Waals surface area contributed by atoms with Gasteiger partial charge in [0.1, 0.15) is 12.1 Å². The third-order valence-corrected chi connectivity index (χ3v) is 4.14. The highest BCUT2D eigenvalue weighted by molar-refractivity contribution is 7.99. The molecule has 0 aliphatic rings. The maximum Gasteiger partial charge on any atom is 0.171 e. The Morgan fingerprint density at radius 2 is 1.67 bits per heavy atom. The normalized spacial score (nSPS) is 13.3. The van der Waals surface area contributed by atoms with Crippen molar-refractivity contribution in [3.63, 3.8) is 0 Å². The van der Waals surface area contributed by atoms with E-state index in [4.69, 9.17) is 0 Å². The maximum atomic E-state index is 12.8. The highest BCUT2D eigenvalue weighted by atomic mass is 32.2. The van der Waals surface area contributed by atoms with E-state index >= 15 is 0 Å². The van der Waals surface area contributed by atoms with Crippen LogP contribution in [-0.4, -0.2) is 11.4 Å². The molecular weight excluding hydrogens is 247 g/mol. The van der Waals surface area contributed by atoms with Gasteiger partial charge in [0.05, 0.1) is 10.9 Å². The molecule has 1 nitrogen and oxygen atoms in total. The van der Waals surface area contributed by atoms with E-state index in [-0.39, 0.29) is 22.5 Å². The lowest BCUT2D eigenvalue weighted by Crippen LogP contribution is -1.96. The molecule has 0 aliphatic carbocycles.